The molecule has 0 unspecified atom stereocenters. The van der Waals surface area contributed by atoms with Gasteiger partial charge in [0.15, 0.2) is 23.1 Å². The molecule has 6 rings (SSSR count). The van der Waals surface area contributed by atoms with Crippen LogP contribution in [0.1, 0.15) is 52.7 Å². The van der Waals surface area contributed by atoms with Crippen molar-refractivity contribution in [3.63, 3.8) is 0 Å². The largest absolute Gasteiger partial charge is 0.493 e. The lowest BCUT2D eigenvalue weighted by Crippen LogP contribution is -2.44. The van der Waals surface area contributed by atoms with Crippen LogP contribution in [0.2, 0.25) is 0 Å². The Morgan fingerprint density at radius 2 is 1.65 bits per heavy atom. The fraction of sp³-hybridized carbons (Fsp3) is 0.415. The molecule has 12 nitrogen and oxygen atoms in total. The normalized spacial score (nSPS) is 14.9. The minimum Gasteiger partial charge on any atom is -0.493 e. The van der Waals surface area contributed by atoms with E-state index in [0.717, 1.165) is 81.8 Å². The zero-order chi connectivity index (χ0) is 38.0. The van der Waals surface area contributed by atoms with E-state index >= 15 is 4.39 Å². The monoisotopic (exact) mass is 739 g/mol. The Labute approximate surface area is 316 Å². The number of carbonyl (C=O) groups is 2. The summed E-state index contributed by atoms with van der Waals surface area (Å²) >= 11 is 0. The summed E-state index contributed by atoms with van der Waals surface area (Å²) in [5, 5.41) is 6.01. The average molecular weight is 740 g/mol. The molecule has 54 heavy (non-hydrogen) atoms. The zero-order valence-electron chi connectivity index (χ0n) is 31.6. The first-order valence-corrected chi connectivity index (χ1v) is 18.6. The predicted molar refractivity (Wildman–Crippen MR) is 207 cm³/mol. The van der Waals surface area contributed by atoms with Gasteiger partial charge in [-0.2, -0.15) is 4.98 Å². The lowest BCUT2D eigenvalue weighted by Gasteiger charge is -2.32. The van der Waals surface area contributed by atoms with Gasteiger partial charge in [0, 0.05) is 75.9 Å². The number of likely N-dealkylation sites (tertiary alicyclic amines) is 1. The number of nitrogens with zero attached hydrogens (tertiary/aromatic N) is 5. The number of nitrogens with one attached hydrogen (secondary N) is 2. The molecule has 0 aliphatic carbocycles. The van der Waals surface area contributed by atoms with Gasteiger partial charge in [-0.1, -0.05) is 24.3 Å². The molecule has 3 aromatic carbocycles. The van der Waals surface area contributed by atoms with Crippen molar-refractivity contribution < 1.29 is 28.2 Å². The highest BCUT2D eigenvalue weighted by Gasteiger charge is 2.22. The Hall–Kier alpha value is -5.27. The van der Waals surface area contributed by atoms with Gasteiger partial charge < -0.3 is 39.5 Å². The fourth-order valence-electron chi connectivity index (χ4n) is 6.65. The van der Waals surface area contributed by atoms with Crippen LogP contribution in [-0.4, -0.2) is 103 Å². The summed E-state index contributed by atoms with van der Waals surface area (Å²) in [5.74, 6) is 0.106. The van der Waals surface area contributed by atoms with E-state index in [1.54, 1.807) is 18.2 Å². The highest BCUT2D eigenvalue weighted by Crippen LogP contribution is 2.35. The molecule has 0 saturated carbocycles. The molecule has 4 aromatic rings. The third-order valence-electron chi connectivity index (χ3n) is 9.90. The summed E-state index contributed by atoms with van der Waals surface area (Å²) in [7, 11) is 3.65. The molecule has 2 N–H and O–H groups in total. The third-order valence-corrected chi connectivity index (χ3v) is 9.90. The third kappa shape index (κ3) is 10.0. The smallest absolute Gasteiger partial charge is 0.262 e. The van der Waals surface area contributed by atoms with Gasteiger partial charge >= 0.3 is 0 Å². The SMILES string of the molecule is COc1cc(CCC(=O)N2CCCC2)ccc1Oc1nc(Nc2ccc(OCCCN3CCN(C)CC3)c(F)c2)ncc1C(=O)Nc1c(C)cccc1C. The molecule has 0 radical (unpaired) electrons. The number of benzene rings is 3. The summed E-state index contributed by atoms with van der Waals surface area (Å²) in [4.78, 5) is 41.9. The molecule has 286 valence electrons. The number of anilines is 3. The molecule has 0 bridgehead atoms. The molecule has 2 fully saturated rings. The topological polar surface area (TPSA) is 121 Å². The molecule has 2 saturated heterocycles. The van der Waals surface area contributed by atoms with Crippen molar-refractivity contribution in [2.24, 2.45) is 0 Å². The molecule has 3 heterocycles. The molecule has 2 aliphatic rings. The Morgan fingerprint density at radius 3 is 2.37 bits per heavy atom. The van der Waals surface area contributed by atoms with Gasteiger partial charge in [0.25, 0.3) is 5.91 Å². The second-order valence-electron chi connectivity index (χ2n) is 13.9. The summed E-state index contributed by atoms with van der Waals surface area (Å²) in [6.07, 6.45) is 5.21. The first-order valence-electron chi connectivity index (χ1n) is 18.6. The Balaban J connectivity index is 1.17. The summed E-state index contributed by atoms with van der Waals surface area (Å²) < 4.78 is 32.9. The number of carbonyl (C=O) groups excluding carboxylic acids is 2. The van der Waals surface area contributed by atoms with Gasteiger partial charge in [-0.25, -0.2) is 9.37 Å². The molecule has 2 amide bonds. The number of amides is 2. The van der Waals surface area contributed by atoms with Crippen molar-refractivity contribution in [1.82, 2.24) is 24.7 Å². The minimum atomic E-state index is -0.521. The Morgan fingerprint density at radius 1 is 0.907 bits per heavy atom. The van der Waals surface area contributed by atoms with E-state index in [0.29, 0.717) is 42.3 Å². The molecule has 2 aliphatic heterocycles. The van der Waals surface area contributed by atoms with Crippen molar-refractivity contribution in [3.8, 4) is 23.1 Å². The Bertz CT molecular complexity index is 1910. The van der Waals surface area contributed by atoms with Gasteiger partial charge in [-0.3, -0.25) is 9.59 Å². The maximum atomic E-state index is 15.1. The van der Waals surface area contributed by atoms with E-state index in [1.165, 1.54) is 19.4 Å². The van der Waals surface area contributed by atoms with E-state index in [2.05, 4.69) is 37.4 Å². The lowest BCUT2D eigenvalue weighted by molar-refractivity contribution is -0.130. The predicted octanol–water partition coefficient (Wildman–Crippen LogP) is 6.60. The van der Waals surface area contributed by atoms with Crippen molar-refractivity contribution in [2.75, 3.05) is 77.2 Å². The van der Waals surface area contributed by atoms with E-state index in [4.69, 9.17) is 14.2 Å². The summed E-state index contributed by atoms with van der Waals surface area (Å²) in [6.45, 7) is 10.9. The van der Waals surface area contributed by atoms with Crippen molar-refractivity contribution in [1.29, 1.82) is 0 Å². The number of rotatable bonds is 15. The van der Waals surface area contributed by atoms with Crippen LogP contribution in [0.4, 0.5) is 21.7 Å². The van der Waals surface area contributed by atoms with Crippen LogP contribution in [-0.2, 0) is 11.2 Å². The molecule has 13 heteroatoms. The number of para-hydroxylation sites is 1. The average Bonchev–Trinajstić information content (AvgIpc) is 3.71. The number of aromatic nitrogens is 2. The van der Waals surface area contributed by atoms with Gasteiger partial charge in [0.1, 0.15) is 5.56 Å². The van der Waals surface area contributed by atoms with Gasteiger partial charge in [0.05, 0.1) is 13.7 Å². The number of hydrogen-bond acceptors (Lipinski definition) is 10. The van der Waals surface area contributed by atoms with Gasteiger partial charge in [0.2, 0.25) is 17.7 Å². The number of hydrogen-bond donors (Lipinski definition) is 2. The van der Waals surface area contributed by atoms with Crippen LogP contribution in [0, 0.1) is 19.7 Å². The number of halogens is 1. The van der Waals surface area contributed by atoms with Crippen molar-refractivity contribution in [3.05, 3.63) is 88.9 Å². The summed E-state index contributed by atoms with van der Waals surface area (Å²) in [6, 6.07) is 15.7. The highest BCUT2D eigenvalue weighted by molar-refractivity contribution is 6.06. The molecular weight excluding hydrogens is 689 g/mol. The number of piperazine rings is 1. The minimum absolute atomic E-state index is 0.0349. The van der Waals surface area contributed by atoms with E-state index in [9.17, 15) is 9.59 Å². The fourth-order valence-corrected chi connectivity index (χ4v) is 6.65. The molecule has 0 atom stereocenters. The van der Waals surface area contributed by atoms with E-state index in [-0.39, 0.29) is 29.0 Å². The second-order valence-corrected chi connectivity index (χ2v) is 13.9. The summed E-state index contributed by atoms with van der Waals surface area (Å²) in [5.41, 5.74) is 3.86. The molecular formula is C41H50FN7O5. The van der Waals surface area contributed by atoms with E-state index < -0.39 is 11.7 Å². The van der Waals surface area contributed by atoms with Gasteiger partial charge in [-0.05, 0) is 87.5 Å². The molecule has 1 aromatic heterocycles. The van der Waals surface area contributed by atoms with Crippen LogP contribution in [0.25, 0.3) is 0 Å². The van der Waals surface area contributed by atoms with Crippen LogP contribution < -0.4 is 24.8 Å². The van der Waals surface area contributed by atoms with Crippen LogP contribution in [0.5, 0.6) is 23.1 Å². The maximum absolute atomic E-state index is 15.1. The quantitative estimate of drug-likeness (QED) is 0.129. The number of likely N-dealkylation sites (N-methyl/N-ethyl adjacent to an activating group) is 1. The van der Waals surface area contributed by atoms with Crippen LogP contribution in [0.15, 0.2) is 60.8 Å². The van der Waals surface area contributed by atoms with E-state index in [1.807, 2.05) is 49.1 Å². The lowest BCUT2D eigenvalue weighted by atomic mass is 10.1. The Kier molecular flexibility index (Phi) is 12.9. The zero-order valence-corrected chi connectivity index (χ0v) is 31.6. The first kappa shape index (κ1) is 38.5. The van der Waals surface area contributed by atoms with Crippen LogP contribution >= 0.6 is 0 Å². The maximum Gasteiger partial charge on any atom is 0.262 e. The number of aryl methyl sites for hydroxylation is 3. The van der Waals surface area contributed by atoms with Gasteiger partial charge in [-0.15, -0.1) is 0 Å². The number of ether oxygens (including phenoxy) is 3. The first-order chi connectivity index (χ1) is 26.2. The number of methoxy groups -OCH3 is 1. The standard InChI is InChI=1S/C41H50FN7O5/c1-28-9-7-10-29(2)38(28)45-39(51)32-27-43-41(44-31-13-15-34(33(42)26-31)53-24-8-17-48-22-20-47(3)21-23-48)46-40(32)54-35-14-11-30(25-36(35)52-4)12-16-37(50)49-18-5-6-19-49/h7,9-11,13-15,25-27H,5-6,8,12,16-24H2,1-4H3,(H,45,51)(H,43,44,46). The van der Waals surface area contributed by atoms with Crippen molar-refractivity contribution in [2.45, 2.75) is 46.0 Å². The van der Waals surface area contributed by atoms with Crippen molar-refractivity contribution >= 4 is 29.1 Å². The second kappa shape index (κ2) is 18.2. The highest BCUT2D eigenvalue weighted by atomic mass is 19.1. The molecule has 0 spiro atoms. The van der Waals surface area contributed by atoms with Crippen LogP contribution in [0.3, 0.4) is 0 Å².